The first kappa shape index (κ1) is 14.8. The number of hydrogen-bond acceptors (Lipinski definition) is 2. The monoisotopic (exact) mass is 293 g/mol. The molecule has 0 fully saturated rings. The fraction of sp³-hybridized carbons (Fsp3) is 0.250. The Labute approximate surface area is 123 Å². The molecule has 4 heteroatoms. The van der Waals surface area contributed by atoms with Gasteiger partial charge in [-0.25, -0.2) is 4.39 Å². The molecule has 20 heavy (non-hydrogen) atoms. The number of nitrogens with two attached hydrogens (primary N) is 1. The Morgan fingerprint density at radius 1 is 1.20 bits per heavy atom. The molecule has 0 heterocycles. The minimum Gasteiger partial charge on any atom is -0.489 e. The van der Waals surface area contributed by atoms with Gasteiger partial charge in [-0.2, -0.15) is 0 Å². The zero-order valence-electron chi connectivity index (χ0n) is 11.3. The maximum absolute atomic E-state index is 13.6. The summed E-state index contributed by atoms with van der Waals surface area (Å²) in [4.78, 5) is 0. The molecule has 2 rings (SSSR count). The molecule has 2 aromatic carbocycles. The first-order chi connectivity index (χ1) is 9.54. The van der Waals surface area contributed by atoms with Crippen LogP contribution in [0.25, 0.3) is 0 Å². The van der Waals surface area contributed by atoms with Crippen LogP contribution in [0.4, 0.5) is 4.39 Å². The molecule has 0 aliphatic rings. The summed E-state index contributed by atoms with van der Waals surface area (Å²) < 4.78 is 19.1. The van der Waals surface area contributed by atoms with Crippen LogP contribution in [-0.2, 0) is 13.0 Å². The third-order valence-electron chi connectivity index (χ3n) is 2.89. The van der Waals surface area contributed by atoms with Gasteiger partial charge in [-0.05, 0) is 43.2 Å². The zero-order valence-corrected chi connectivity index (χ0v) is 12.0. The predicted molar refractivity (Wildman–Crippen MR) is 79.5 cm³/mol. The third kappa shape index (κ3) is 4.22. The lowest BCUT2D eigenvalue weighted by molar-refractivity contribution is 0.300. The first-order valence-electron chi connectivity index (χ1n) is 6.46. The van der Waals surface area contributed by atoms with E-state index >= 15 is 0 Å². The van der Waals surface area contributed by atoms with Gasteiger partial charge >= 0.3 is 0 Å². The lowest BCUT2D eigenvalue weighted by atomic mass is 10.1. The number of halogens is 2. The van der Waals surface area contributed by atoms with Crippen LogP contribution >= 0.6 is 11.6 Å². The van der Waals surface area contributed by atoms with Gasteiger partial charge in [-0.1, -0.05) is 29.8 Å². The quantitative estimate of drug-likeness (QED) is 0.906. The molecule has 0 radical (unpaired) electrons. The fourth-order valence-corrected chi connectivity index (χ4v) is 2.05. The highest BCUT2D eigenvalue weighted by molar-refractivity contribution is 6.30. The molecular formula is C16H17ClFNO. The van der Waals surface area contributed by atoms with E-state index in [1.54, 1.807) is 12.1 Å². The molecule has 106 valence electrons. The Morgan fingerprint density at radius 3 is 2.50 bits per heavy atom. The van der Waals surface area contributed by atoms with Gasteiger partial charge in [-0.15, -0.1) is 0 Å². The van der Waals surface area contributed by atoms with Crippen molar-refractivity contribution in [2.45, 2.75) is 26.0 Å². The van der Waals surface area contributed by atoms with Crippen LogP contribution < -0.4 is 10.5 Å². The van der Waals surface area contributed by atoms with Gasteiger partial charge in [0.15, 0.2) is 0 Å². The van der Waals surface area contributed by atoms with E-state index in [2.05, 4.69) is 0 Å². The molecular weight excluding hydrogens is 277 g/mol. The zero-order chi connectivity index (χ0) is 14.5. The van der Waals surface area contributed by atoms with E-state index in [1.807, 2.05) is 31.2 Å². The van der Waals surface area contributed by atoms with E-state index in [0.29, 0.717) is 16.3 Å². The maximum Gasteiger partial charge on any atom is 0.131 e. The van der Waals surface area contributed by atoms with E-state index in [9.17, 15) is 4.39 Å². The normalized spacial score (nSPS) is 12.2. The Morgan fingerprint density at radius 2 is 1.90 bits per heavy atom. The van der Waals surface area contributed by atoms with Gasteiger partial charge < -0.3 is 10.5 Å². The van der Waals surface area contributed by atoms with Crippen LogP contribution in [0, 0.1) is 5.82 Å². The number of ether oxygens (including phenoxy) is 1. The molecule has 2 aromatic rings. The largest absolute Gasteiger partial charge is 0.489 e. The number of rotatable bonds is 5. The van der Waals surface area contributed by atoms with Gasteiger partial charge in [0, 0.05) is 16.6 Å². The van der Waals surface area contributed by atoms with Crippen molar-refractivity contribution in [2.24, 2.45) is 5.73 Å². The van der Waals surface area contributed by atoms with Crippen LogP contribution in [0.15, 0.2) is 42.5 Å². The highest BCUT2D eigenvalue weighted by atomic mass is 35.5. The van der Waals surface area contributed by atoms with Crippen molar-refractivity contribution in [3.63, 3.8) is 0 Å². The van der Waals surface area contributed by atoms with Crippen molar-refractivity contribution in [3.05, 3.63) is 64.4 Å². The van der Waals surface area contributed by atoms with E-state index < -0.39 is 0 Å². The predicted octanol–water partition coefficient (Wildman–Crippen LogP) is 3.95. The average Bonchev–Trinajstić information content (AvgIpc) is 2.39. The van der Waals surface area contributed by atoms with Crippen LogP contribution in [0.1, 0.15) is 18.1 Å². The molecule has 0 amide bonds. The molecule has 0 saturated carbocycles. The molecule has 0 spiro atoms. The Bertz CT molecular complexity index is 569. The summed E-state index contributed by atoms with van der Waals surface area (Å²) in [6.07, 6.45) is 0.825. The molecule has 0 aromatic heterocycles. The molecule has 1 atom stereocenters. The van der Waals surface area contributed by atoms with Crippen molar-refractivity contribution < 1.29 is 9.13 Å². The van der Waals surface area contributed by atoms with E-state index in [-0.39, 0.29) is 18.5 Å². The minimum absolute atomic E-state index is 0.130. The summed E-state index contributed by atoms with van der Waals surface area (Å²) in [7, 11) is 0. The molecule has 2 N–H and O–H groups in total. The fourth-order valence-electron chi connectivity index (χ4n) is 1.89. The Balaban J connectivity index is 1.96. The van der Waals surface area contributed by atoms with Gasteiger partial charge in [-0.3, -0.25) is 0 Å². The number of hydrogen-bond donors (Lipinski definition) is 1. The van der Waals surface area contributed by atoms with Crippen LogP contribution in [0.2, 0.25) is 5.02 Å². The van der Waals surface area contributed by atoms with Crippen molar-refractivity contribution in [1.82, 2.24) is 0 Å². The molecule has 2 nitrogen and oxygen atoms in total. The van der Waals surface area contributed by atoms with E-state index in [1.165, 1.54) is 6.07 Å². The molecule has 1 unspecified atom stereocenters. The lowest BCUT2D eigenvalue weighted by Gasteiger charge is -2.09. The second kappa shape index (κ2) is 6.73. The SMILES string of the molecule is CC(N)Cc1ccc(OCc2ccc(Cl)cc2F)cc1. The maximum atomic E-state index is 13.6. The smallest absolute Gasteiger partial charge is 0.131 e. The van der Waals surface area contributed by atoms with Gasteiger partial charge in [0.1, 0.15) is 18.2 Å². The molecule has 0 bridgehead atoms. The summed E-state index contributed by atoms with van der Waals surface area (Å²) in [5, 5.41) is 0.381. The van der Waals surface area contributed by atoms with Crippen molar-refractivity contribution in [2.75, 3.05) is 0 Å². The van der Waals surface area contributed by atoms with E-state index in [0.717, 1.165) is 12.0 Å². The van der Waals surface area contributed by atoms with E-state index in [4.69, 9.17) is 22.1 Å². The summed E-state index contributed by atoms with van der Waals surface area (Å²) in [5.74, 6) is 0.346. The van der Waals surface area contributed by atoms with Gasteiger partial charge in [0.05, 0.1) is 0 Å². The van der Waals surface area contributed by atoms with Crippen molar-refractivity contribution >= 4 is 11.6 Å². The number of benzene rings is 2. The average molecular weight is 294 g/mol. The standard InChI is InChI=1S/C16H17ClFNO/c1-11(19)8-12-2-6-15(7-3-12)20-10-13-4-5-14(17)9-16(13)18/h2-7,9,11H,8,10,19H2,1H3. The van der Waals surface area contributed by atoms with Crippen LogP contribution in [0.3, 0.4) is 0 Å². The molecule has 0 saturated heterocycles. The summed E-state index contributed by atoms with van der Waals surface area (Å²) in [6, 6.07) is 12.4. The molecule has 0 aliphatic carbocycles. The third-order valence-corrected chi connectivity index (χ3v) is 3.13. The second-order valence-electron chi connectivity index (χ2n) is 4.85. The second-order valence-corrected chi connectivity index (χ2v) is 5.29. The topological polar surface area (TPSA) is 35.2 Å². The van der Waals surface area contributed by atoms with Crippen molar-refractivity contribution in [1.29, 1.82) is 0 Å². The Kier molecular flexibility index (Phi) is 4.99. The van der Waals surface area contributed by atoms with Crippen LogP contribution in [0.5, 0.6) is 5.75 Å². The summed E-state index contributed by atoms with van der Waals surface area (Å²) in [6.45, 7) is 2.14. The van der Waals surface area contributed by atoms with Gasteiger partial charge in [0.25, 0.3) is 0 Å². The molecule has 0 aliphatic heterocycles. The summed E-state index contributed by atoms with van der Waals surface area (Å²) in [5.41, 5.74) is 7.38. The van der Waals surface area contributed by atoms with Crippen molar-refractivity contribution in [3.8, 4) is 5.75 Å². The Hall–Kier alpha value is -1.58. The summed E-state index contributed by atoms with van der Waals surface area (Å²) >= 11 is 5.70. The highest BCUT2D eigenvalue weighted by Crippen LogP contribution is 2.18. The first-order valence-corrected chi connectivity index (χ1v) is 6.83. The van der Waals surface area contributed by atoms with Gasteiger partial charge in [0.2, 0.25) is 0 Å². The minimum atomic E-state index is -0.355. The van der Waals surface area contributed by atoms with Crippen LogP contribution in [-0.4, -0.2) is 6.04 Å². The lowest BCUT2D eigenvalue weighted by Crippen LogP contribution is -2.17. The highest BCUT2D eigenvalue weighted by Gasteiger charge is 2.04.